The number of carbonyl (C=O) groups is 1. The summed E-state index contributed by atoms with van der Waals surface area (Å²) < 4.78 is 5.46. The maximum atomic E-state index is 12.1. The molecule has 1 saturated heterocycles. The van der Waals surface area contributed by atoms with Crippen LogP contribution in [0.3, 0.4) is 0 Å². The maximum Gasteiger partial charge on any atom is 0.410 e. The quantitative estimate of drug-likeness (QED) is 0.674. The van der Waals surface area contributed by atoms with Crippen molar-refractivity contribution in [2.75, 3.05) is 18.4 Å². The summed E-state index contributed by atoms with van der Waals surface area (Å²) in [5.41, 5.74) is 0.0972. The van der Waals surface area contributed by atoms with Crippen LogP contribution in [0.5, 0.6) is 0 Å². The number of carbonyl (C=O) groups excluding carboxylic acids is 1. The molecule has 2 aliphatic rings. The number of hydrogen-bond acceptors (Lipinski definition) is 2. The summed E-state index contributed by atoms with van der Waals surface area (Å²) in [6.07, 6.45) is 6.17. The van der Waals surface area contributed by atoms with Gasteiger partial charge in [-0.05, 0) is 57.8 Å². The fourth-order valence-electron chi connectivity index (χ4n) is 3.57. The molecule has 1 unspecified atom stereocenters. The summed E-state index contributed by atoms with van der Waals surface area (Å²) in [5, 5.41) is 1.11. The van der Waals surface area contributed by atoms with Gasteiger partial charge in [-0.1, -0.05) is 22.4 Å². The lowest BCUT2D eigenvalue weighted by molar-refractivity contribution is 0.00579. The lowest BCUT2D eigenvalue weighted by Crippen LogP contribution is -2.46. The molecule has 1 heterocycles. The minimum atomic E-state index is -0.391. The Balaban J connectivity index is 1.90. The summed E-state index contributed by atoms with van der Waals surface area (Å²) >= 11 is 3.67. The van der Waals surface area contributed by atoms with E-state index in [-0.39, 0.29) is 6.09 Å². The zero-order chi connectivity index (χ0) is 14.1. The van der Waals surface area contributed by atoms with E-state index in [2.05, 4.69) is 15.9 Å². The minimum Gasteiger partial charge on any atom is -0.444 e. The monoisotopic (exact) mass is 331 g/mol. The third-order valence-electron chi connectivity index (χ3n) is 4.69. The highest BCUT2D eigenvalue weighted by molar-refractivity contribution is 9.09. The first-order valence-electron chi connectivity index (χ1n) is 7.40. The average molecular weight is 332 g/mol. The van der Waals surface area contributed by atoms with Gasteiger partial charge in [0, 0.05) is 18.4 Å². The van der Waals surface area contributed by atoms with Crippen LogP contribution in [0, 0.1) is 11.3 Å². The average Bonchev–Trinajstić information content (AvgIpc) is 2.70. The van der Waals surface area contributed by atoms with E-state index < -0.39 is 5.60 Å². The van der Waals surface area contributed by atoms with Crippen molar-refractivity contribution in [2.24, 2.45) is 11.3 Å². The smallest absolute Gasteiger partial charge is 0.410 e. The summed E-state index contributed by atoms with van der Waals surface area (Å²) in [6.45, 7) is 7.49. The van der Waals surface area contributed by atoms with Crippen LogP contribution in [-0.4, -0.2) is 35.0 Å². The maximum absolute atomic E-state index is 12.1. The van der Waals surface area contributed by atoms with Crippen LogP contribution in [0.2, 0.25) is 0 Å². The van der Waals surface area contributed by atoms with Gasteiger partial charge in [0.25, 0.3) is 0 Å². The van der Waals surface area contributed by atoms with E-state index in [4.69, 9.17) is 4.74 Å². The van der Waals surface area contributed by atoms with Crippen LogP contribution in [0.4, 0.5) is 4.79 Å². The Morgan fingerprint density at radius 3 is 2.47 bits per heavy atom. The van der Waals surface area contributed by atoms with Gasteiger partial charge in [0.15, 0.2) is 0 Å². The zero-order valence-electron chi connectivity index (χ0n) is 12.4. The van der Waals surface area contributed by atoms with Crippen LogP contribution >= 0.6 is 15.9 Å². The normalized spacial score (nSPS) is 26.7. The standard InChI is InChI=1S/C15H26BrNO2/c1-14(2,3)19-13(18)17-9-7-15(8-10-17)6-4-5-12(15)11-16/h12H,4-11H2,1-3H3. The van der Waals surface area contributed by atoms with Gasteiger partial charge in [0.05, 0.1) is 0 Å². The molecule has 1 spiro atoms. The van der Waals surface area contributed by atoms with E-state index in [1.165, 1.54) is 19.3 Å². The van der Waals surface area contributed by atoms with E-state index in [9.17, 15) is 4.79 Å². The van der Waals surface area contributed by atoms with Crippen molar-refractivity contribution in [3.63, 3.8) is 0 Å². The molecule has 19 heavy (non-hydrogen) atoms. The first-order valence-corrected chi connectivity index (χ1v) is 8.52. The lowest BCUT2D eigenvalue weighted by Gasteiger charge is -2.43. The third kappa shape index (κ3) is 3.45. The number of nitrogens with zero attached hydrogens (tertiary/aromatic N) is 1. The second-order valence-electron chi connectivity index (χ2n) is 7.07. The molecule has 1 saturated carbocycles. The van der Waals surface area contributed by atoms with Gasteiger partial charge in [0.1, 0.15) is 5.60 Å². The molecule has 2 rings (SSSR count). The number of alkyl halides is 1. The number of ether oxygens (including phenoxy) is 1. The van der Waals surface area contributed by atoms with Gasteiger partial charge >= 0.3 is 6.09 Å². The topological polar surface area (TPSA) is 29.5 Å². The van der Waals surface area contributed by atoms with E-state index in [1.54, 1.807) is 0 Å². The van der Waals surface area contributed by atoms with Gasteiger partial charge in [-0.3, -0.25) is 0 Å². The van der Waals surface area contributed by atoms with Crippen LogP contribution in [0.1, 0.15) is 52.9 Å². The molecule has 0 aromatic heterocycles. The Kier molecular flexibility index (Phi) is 4.49. The summed E-state index contributed by atoms with van der Waals surface area (Å²) in [7, 11) is 0. The molecule has 110 valence electrons. The summed E-state index contributed by atoms with van der Waals surface area (Å²) in [4.78, 5) is 14.0. The molecule has 3 nitrogen and oxygen atoms in total. The van der Waals surface area contributed by atoms with E-state index in [0.29, 0.717) is 5.41 Å². The molecule has 0 aromatic rings. The second-order valence-corrected chi connectivity index (χ2v) is 7.72. The highest BCUT2D eigenvalue weighted by Crippen LogP contribution is 2.51. The van der Waals surface area contributed by atoms with E-state index in [1.807, 2.05) is 25.7 Å². The molecule has 1 aliphatic heterocycles. The fraction of sp³-hybridized carbons (Fsp3) is 0.933. The molecule has 1 amide bonds. The first kappa shape index (κ1) is 15.1. The highest BCUT2D eigenvalue weighted by atomic mass is 79.9. The van der Waals surface area contributed by atoms with Crippen molar-refractivity contribution < 1.29 is 9.53 Å². The molecule has 0 bridgehead atoms. The Morgan fingerprint density at radius 1 is 1.32 bits per heavy atom. The van der Waals surface area contributed by atoms with Crippen molar-refractivity contribution in [3.05, 3.63) is 0 Å². The predicted octanol–water partition coefficient (Wildman–Crippen LogP) is 4.20. The van der Waals surface area contributed by atoms with Gasteiger partial charge in [-0.2, -0.15) is 0 Å². The van der Waals surface area contributed by atoms with Crippen LogP contribution in [0.15, 0.2) is 0 Å². The SMILES string of the molecule is CC(C)(C)OC(=O)N1CCC2(CCCC2CBr)CC1. The van der Waals surface area contributed by atoms with Crippen molar-refractivity contribution in [1.29, 1.82) is 0 Å². The van der Waals surface area contributed by atoms with Gasteiger partial charge in [-0.15, -0.1) is 0 Å². The predicted molar refractivity (Wildman–Crippen MR) is 80.6 cm³/mol. The molecule has 0 aromatic carbocycles. The first-order chi connectivity index (χ1) is 8.86. The van der Waals surface area contributed by atoms with E-state index in [0.717, 1.165) is 37.2 Å². The second kappa shape index (κ2) is 5.63. The number of halogens is 1. The van der Waals surface area contributed by atoms with Gasteiger partial charge in [-0.25, -0.2) is 4.79 Å². The molecular formula is C15H26BrNO2. The number of rotatable bonds is 1. The largest absolute Gasteiger partial charge is 0.444 e. The summed E-state index contributed by atoms with van der Waals surface area (Å²) in [6, 6.07) is 0. The summed E-state index contributed by atoms with van der Waals surface area (Å²) in [5.74, 6) is 0.799. The fourth-order valence-corrected chi connectivity index (χ4v) is 4.58. The lowest BCUT2D eigenvalue weighted by atomic mass is 9.71. The molecule has 4 heteroatoms. The van der Waals surface area contributed by atoms with Crippen molar-refractivity contribution >= 4 is 22.0 Å². The Labute approximate surface area is 125 Å². The Bertz CT molecular complexity index is 330. The molecular weight excluding hydrogens is 306 g/mol. The number of amides is 1. The molecule has 0 N–H and O–H groups in total. The van der Waals surface area contributed by atoms with Crippen molar-refractivity contribution in [3.8, 4) is 0 Å². The van der Waals surface area contributed by atoms with Gasteiger partial charge < -0.3 is 9.64 Å². The zero-order valence-corrected chi connectivity index (χ0v) is 14.0. The van der Waals surface area contributed by atoms with Gasteiger partial charge in [0.2, 0.25) is 0 Å². The van der Waals surface area contributed by atoms with Crippen molar-refractivity contribution in [1.82, 2.24) is 4.90 Å². The van der Waals surface area contributed by atoms with Crippen LogP contribution in [-0.2, 0) is 4.74 Å². The number of hydrogen-bond donors (Lipinski definition) is 0. The Morgan fingerprint density at radius 2 is 1.95 bits per heavy atom. The van der Waals surface area contributed by atoms with Crippen LogP contribution in [0.25, 0.3) is 0 Å². The molecule has 2 fully saturated rings. The van der Waals surface area contributed by atoms with Crippen molar-refractivity contribution in [2.45, 2.75) is 58.5 Å². The molecule has 1 atom stereocenters. The number of likely N-dealkylation sites (tertiary alicyclic amines) is 1. The minimum absolute atomic E-state index is 0.143. The molecule has 1 aliphatic carbocycles. The number of piperidine rings is 1. The highest BCUT2D eigenvalue weighted by Gasteiger charge is 2.44. The molecule has 0 radical (unpaired) electrons. The third-order valence-corrected chi connectivity index (χ3v) is 5.47. The Hall–Kier alpha value is -0.250. The van der Waals surface area contributed by atoms with Crippen LogP contribution < -0.4 is 0 Å². The van der Waals surface area contributed by atoms with E-state index >= 15 is 0 Å².